The first-order valence-electron chi connectivity index (χ1n) is 10.8. The molecule has 4 rings (SSSR count). The third kappa shape index (κ3) is 5.14. The number of ether oxygens (including phenoxy) is 1. The number of carbonyl (C=O) groups is 1. The van der Waals surface area contributed by atoms with Crippen molar-refractivity contribution in [1.29, 1.82) is 0 Å². The topological polar surface area (TPSA) is 74.4 Å². The molecule has 0 radical (unpaired) electrons. The molecule has 1 saturated heterocycles. The smallest absolute Gasteiger partial charge is 0.318 e. The first-order valence-corrected chi connectivity index (χ1v) is 10.8. The van der Waals surface area contributed by atoms with Crippen LogP contribution in [-0.4, -0.2) is 35.2 Å². The average molecular weight is 420 g/mol. The van der Waals surface area contributed by atoms with Crippen molar-refractivity contribution in [1.82, 2.24) is 15.2 Å². The number of amides is 2. The Labute approximate surface area is 182 Å². The van der Waals surface area contributed by atoms with Gasteiger partial charge in [0.05, 0.1) is 12.6 Å². The van der Waals surface area contributed by atoms with Gasteiger partial charge in [-0.3, -0.25) is 4.79 Å². The number of urea groups is 1. The summed E-state index contributed by atoms with van der Waals surface area (Å²) in [6.07, 6.45) is 1.93. The number of fused-ring (bicyclic) bond motifs is 1. The second kappa shape index (κ2) is 9.35. The van der Waals surface area contributed by atoms with Crippen molar-refractivity contribution < 1.29 is 9.53 Å². The Morgan fingerprint density at radius 3 is 2.68 bits per heavy atom. The highest BCUT2D eigenvalue weighted by atomic mass is 16.5. The summed E-state index contributed by atoms with van der Waals surface area (Å²) in [5.74, 6) is 0. The van der Waals surface area contributed by atoms with Crippen LogP contribution in [0.15, 0.2) is 53.3 Å². The molecule has 1 unspecified atom stereocenters. The minimum atomic E-state index is -0.195. The van der Waals surface area contributed by atoms with E-state index in [4.69, 9.17) is 4.74 Å². The predicted molar refractivity (Wildman–Crippen MR) is 122 cm³/mol. The van der Waals surface area contributed by atoms with Gasteiger partial charge in [0.2, 0.25) is 0 Å². The fraction of sp³-hybridized carbons (Fsp3) is 0.360. The van der Waals surface area contributed by atoms with Crippen molar-refractivity contribution in [3.8, 4) is 0 Å². The molecule has 1 atom stereocenters. The number of benzene rings is 2. The molecule has 0 bridgehead atoms. The van der Waals surface area contributed by atoms with Gasteiger partial charge >= 0.3 is 6.03 Å². The zero-order chi connectivity index (χ0) is 21.8. The van der Waals surface area contributed by atoms with E-state index in [1.54, 1.807) is 4.90 Å². The highest BCUT2D eigenvalue weighted by Gasteiger charge is 2.23. The molecule has 2 heterocycles. The third-order valence-corrected chi connectivity index (χ3v) is 5.92. The molecule has 0 aliphatic carbocycles. The van der Waals surface area contributed by atoms with E-state index in [0.29, 0.717) is 18.7 Å². The minimum Gasteiger partial charge on any atom is -0.376 e. The van der Waals surface area contributed by atoms with E-state index in [1.807, 2.05) is 49.4 Å². The van der Waals surface area contributed by atoms with Crippen LogP contribution in [0.1, 0.15) is 35.1 Å². The van der Waals surface area contributed by atoms with Gasteiger partial charge in [0.1, 0.15) is 0 Å². The van der Waals surface area contributed by atoms with E-state index < -0.39 is 0 Å². The Morgan fingerprint density at radius 1 is 1.16 bits per heavy atom. The van der Waals surface area contributed by atoms with Crippen LogP contribution in [0.5, 0.6) is 0 Å². The maximum absolute atomic E-state index is 13.0. The Morgan fingerprint density at radius 2 is 1.94 bits per heavy atom. The van der Waals surface area contributed by atoms with Gasteiger partial charge in [-0.15, -0.1) is 0 Å². The summed E-state index contributed by atoms with van der Waals surface area (Å²) in [5, 5.41) is 3.96. The molecule has 0 spiro atoms. The molecular weight excluding hydrogens is 390 g/mol. The Kier molecular flexibility index (Phi) is 6.37. The Bertz CT molecular complexity index is 1120. The fourth-order valence-electron chi connectivity index (χ4n) is 3.98. The van der Waals surface area contributed by atoms with E-state index in [0.717, 1.165) is 41.5 Å². The van der Waals surface area contributed by atoms with E-state index in [2.05, 4.69) is 23.3 Å². The summed E-state index contributed by atoms with van der Waals surface area (Å²) in [5.41, 5.74) is 4.56. The van der Waals surface area contributed by atoms with E-state index >= 15 is 0 Å². The Hall–Kier alpha value is -3.12. The number of aromatic amines is 1. The molecule has 2 aromatic carbocycles. The summed E-state index contributed by atoms with van der Waals surface area (Å²) >= 11 is 0. The largest absolute Gasteiger partial charge is 0.376 e. The Balaban J connectivity index is 1.56. The lowest BCUT2D eigenvalue weighted by Crippen LogP contribution is -2.43. The number of hydrogen-bond acceptors (Lipinski definition) is 3. The molecule has 0 saturated carbocycles. The number of hydrogen-bond donors (Lipinski definition) is 2. The number of pyridine rings is 1. The van der Waals surface area contributed by atoms with Crippen molar-refractivity contribution in [2.45, 2.75) is 45.9 Å². The standard InChI is InChI=1S/C25H29N3O3/c1-17-11-20-13-21(24(29)27-23(20)12-18(17)2)15-28(16-22-9-6-10-31-22)25(30)26-14-19-7-4-3-5-8-19/h3-5,7-8,11-13,22H,6,9-10,14-16H2,1-2H3,(H,26,30)(H,27,29). The van der Waals surface area contributed by atoms with Crippen LogP contribution in [0.3, 0.4) is 0 Å². The highest BCUT2D eigenvalue weighted by molar-refractivity contribution is 5.81. The van der Waals surface area contributed by atoms with Crippen molar-refractivity contribution in [2.24, 2.45) is 0 Å². The van der Waals surface area contributed by atoms with Crippen LogP contribution in [0.4, 0.5) is 4.79 Å². The summed E-state index contributed by atoms with van der Waals surface area (Å²) in [6, 6.07) is 15.6. The summed E-state index contributed by atoms with van der Waals surface area (Å²) in [4.78, 5) is 30.5. The second-order valence-electron chi connectivity index (χ2n) is 8.31. The number of nitrogens with one attached hydrogen (secondary N) is 2. The van der Waals surface area contributed by atoms with Crippen LogP contribution < -0.4 is 10.9 Å². The third-order valence-electron chi connectivity index (χ3n) is 5.92. The van der Waals surface area contributed by atoms with Crippen LogP contribution in [-0.2, 0) is 17.8 Å². The molecular formula is C25H29N3O3. The first kappa shape index (κ1) is 21.1. The molecule has 1 aromatic heterocycles. The van der Waals surface area contributed by atoms with Gasteiger partial charge in [0, 0.05) is 30.8 Å². The number of nitrogens with zero attached hydrogens (tertiary/aromatic N) is 1. The molecule has 1 aliphatic rings. The van der Waals surface area contributed by atoms with E-state index in [1.165, 1.54) is 5.56 Å². The zero-order valence-electron chi connectivity index (χ0n) is 18.1. The molecule has 6 nitrogen and oxygen atoms in total. The number of aromatic nitrogens is 1. The van der Waals surface area contributed by atoms with Gasteiger partial charge in [-0.2, -0.15) is 0 Å². The fourth-order valence-corrected chi connectivity index (χ4v) is 3.98. The SMILES string of the molecule is Cc1cc2cc(CN(CC3CCCO3)C(=O)NCc3ccccc3)c(=O)[nH]c2cc1C. The number of aryl methyl sites for hydroxylation is 2. The van der Waals surface area contributed by atoms with Gasteiger partial charge < -0.3 is 19.9 Å². The molecule has 2 amide bonds. The molecule has 162 valence electrons. The molecule has 2 N–H and O–H groups in total. The first-order chi connectivity index (χ1) is 15.0. The monoisotopic (exact) mass is 419 g/mol. The second-order valence-corrected chi connectivity index (χ2v) is 8.31. The van der Waals surface area contributed by atoms with Crippen molar-refractivity contribution >= 4 is 16.9 Å². The number of H-pyrrole nitrogens is 1. The number of carbonyl (C=O) groups excluding carboxylic acids is 1. The molecule has 31 heavy (non-hydrogen) atoms. The van der Waals surface area contributed by atoms with Crippen molar-refractivity contribution in [3.63, 3.8) is 0 Å². The van der Waals surface area contributed by atoms with Crippen LogP contribution in [0, 0.1) is 13.8 Å². The van der Waals surface area contributed by atoms with E-state index in [9.17, 15) is 9.59 Å². The van der Waals surface area contributed by atoms with Gasteiger partial charge in [-0.05, 0) is 67.0 Å². The normalized spacial score (nSPS) is 15.9. The zero-order valence-corrected chi connectivity index (χ0v) is 18.1. The van der Waals surface area contributed by atoms with E-state index in [-0.39, 0.29) is 24.2 Å². The van der Waals surface area contributed by atoms with Crippen LogP contribution >= 0.6 is 0 Å². The maximum Gasteiger partial charge on any atom is 0.318 e. The molecule has 1 aliphatic heterocycles. The van der Waals surface area contributed by atoms with Crippen molar-refractivity contribution in [2.75, 3.05) is 13.2 Å². The van der Waals surface area contributed by atoms with Gasteiger partial charge in [-0.25, -0.2) is 4.79 Å². The lowest BCUT2D eigenvalue weighted by molar-refractivity contribution is 0.0793. The summed E-state index contributed by atoms with van der Waals surface area (Å²) in [7, 11) is 0. The summed E-state index contributed by atoms with van der Waals surface area (Å²) < 4.78 is 5.76. The summed E-state index contributed by atoms with van der Waals surface area (Å²) in [6.45, 7) is 5.94. The molecule has 1 fully saturated rings. The van der Waals surface area contributed by atoms with Gasteiger partial charge in [0.25, 0.3) is 5.56 Å². The number of rotatable bonds is 6. The average Bonchev–Trinajstić information content (AvgIpc) is 3.27. The molecule has 3 aromatic rings. The van der Waals surface area contributed by atoms with Crippen molar-refractivity contribution in [3.05, 3.63) is 81.1 Å². The van der Waals surface area contributed by atoms with Crippen LogP contribution in [0.25, 0.3) is 10.9 Å². The predicted octanol–water partition coefficient (Wildman–Crippen LogP) is 4.04. The quantitative estimate of drug-likeness (QED) is 0.633. The highest BCUT2D eigenvalue weighted by Crippen LogP contribution is 2.19. The lowest BCUT2D eigenvalue weighted by atomic mass is 10.0. The van der Waals surface area contributed by atoms with Crippen LogP contribution in [0.2, 0.25) is 0 Å². The van der Waals surface area contributed by atoms with Gasteiger partial charge in [0.15, 0.2) is 0 Å². The molecule has 6 heteroatoms. The van der Waals surface area contributed by atoms with Gasteiger partial charge in [-0.1, -0.05) is 30.3 Å². The maximum atomic E-state index is 13.0. The lowest BCUT2D eigenvalue weighted by Gasteiger charge is -2.26. The minimum absolute atomic E-state index is 0.00640.